The van der Waals surface area contributed by atoms with Crippen molar-refractivity contribution in [3.8, 4) is 0 Å². The van der Waals surface area contributed by atoms with Crippen LogP contribution in [-0.4, -0.2) is 32.3 Å². The molecule has 1 aromatic heterocycles. The van der Waals surface area contributed by atoms with Crippen molar-refractivity contribution in [2.75, 3.05) is 5.75 Å². The number of thioether (sulfide) groups is 1. The quantitative estimate of drug-likeness (QED) is 0.790. The Kier molecular flexibility index (Phi) is 5.11. The Morgan fingerprint density at radius 3 is 2.90 bits per heavy atom. The molecule has 6 nitrogen and oxygen atoms in total. The molecule has 0 radical (unpaired) electrons. The Morgan fingerprint density at radius 1 is 1.35 bits per heavy atom. The highest BCUT2D eigenvalue weighted by Gasteiger charge is 2.04. The first kappa shape index (κ1) is 14.5. The first-order valence-corrected chi connectivity index (χ1v) is 7.33. The van der Waals surface area contributed by atoms with Gasteiger partial charge in [-0.05, 0) is 37.1 Å². The maximum absolute atomic E-state index is 11.6. The van der Waals surface area contributed by atoms with Crippen LogP contribution >= 0.6 is 11.8 Å². The molecule has 20 heavy (non-hydrogen) atoms. The molecule has 106 valence electrons. The van der Waals surface area contributed by atoms with E-state index in [4.69, 9.17) is 0 Å². The fourth-order valence-corrected chi connectivity index (χ4v) is 2.54. The van der Waals surface area contributed by atoms with E-state index in [2.05, 4.69) is 58.0 Å². The molecule has 0 unspecified atom stereocenters. The van der Waals surface area contributed by atoms with E-state index in [-0.39, 0.29) is 5.91 Å². The number of H-pyrrole nitrogens is 1. The first-order chi connectivity index (χ1) is 9.65. The number of rotatable bonds is 6. The molecule has 0 aliphatic rings. The number of hydrogen-bond acceptors (Lipinski definition) is 5. The van der Waals surface area contributed by atoms with Crippen LogP contribution in [0.5, 0.6) is 0 Å². The number of benzene rings is 1. The molecule has 0 bridgehead atoms. The van der Waals surface area contributed by atoms with Gasteiger partial charge >= 0.3 is 0 Å². The van der Waals surface area contributed by atoms with E-state index < -0.39 is 0 Å². The molecule has 2 rings (SSSR count). The number of nitrogens with zero attached hydrogens (tertiary/aromatic N) is 3. The van der Waals surface area contributed by atoms with E-state index in [0.29, 0.717) is 18.8 Å². The van der Waals surface area contributed by atoms with Gasteiger partial charge in [0.15, 0.2) is 5.82 Å². The summed E-state index contributed by atoms with van der Waals surface area (Å²) in [4.78, 5) is 12.8. The van der Waals surface area contributed by atoms with Gasteiger partial charge in [0, 0.05) is 17.1 Å². The van der Waals surface area contributed by atoms with Crippen LogP contribution in [-0.2, 0) is 11.3 Å². The normalized spacial score (nSPS) is 10.5. The Morgan fingerprint density at radius 2 is 2.20 bits per heavy atom. The molecule has 2 aromatic rings. The van der Waals surface area contributed by atoms with Gasteiger partial charge in [0.05, 0.1) is 6.54 Å². The summed E-state index contributed by atoms with van der Waals surface area (Å²) < 4.78 is 0. The van der Waals surface area contributed by atoms with Gasteiger partial charge in [0.1, 0.15) is 0 Å². The number of amides is 1. The zero-order chi connectivity index (χ0) is 14.4. The van der Waals surface area contributed by atoms with Crippen LogP contribution in [0.25, 0.3) is 0 Å². The van der Waals surface area contributed by atoms with Crippen LogP contribution in [0.15, 0.2) is 23.1 Å². The second-order valence-corrected chi connectivity index (χ2v) is 5.62. The van der Waals surface area contributed by atoms with Gasteiger partial charge in [0.2, 0.25) is 5.91 Å². The van der Waals surface area contributed by atoms with E-state index in [1.165, 1.54) is 16.0 Å². The summed E-state index contributed by atoms with van der Waals surface area (Å²) in [5.74, 6) is 1.23. The van der Waals surface area contributed by atoms with Crippen molar-refractivity contribution in [3.63, 3.8) is 0 Å². The predicted octanol–water partition coefficient (Wildman–Crippen LogP) is 1.62. The van der Waals surface area contributed by atoms with Gasteiger partial charge in [-0.15, -0.1) is 22.0 Å². The van der Waals surface area contributed by atoms with Crippen LogP contribution < -0.4 is 5.32 Å². The summed E-state index contributed by atoms with van der Waals surface area (Å²) in [6.45, 7) is 4.50. The van der Waals surface area contributed by atoms with Crippen LogP contribution in [0.1, 0.15) is 23.4 Å². The highest BCUT2D eigenvalue weighted by atomic mass is 32.2. The van der Waals surface area contributed by atoms with E-state index in [9.17, 15) is 4.79 Å². The minimum Gasteiger partial charge on any atom is -0.349 e. The standard InChI is InChI=1S/C13H17N5OS/c1-9-3-4-11(7-10(9)2)20-6-5-13(19)14-8-12-15-17-18-16-12/h3-4,7H,5-6,8H2,1-2H3,(H,14,19)(H,15,16,17,18). The topological polar surface area (TPSA) is 83.6 Å². The molecule has 2 N–H and O–H groups in total. The molecule has 0 saturated carbocycles. The Labute approximate surface area is 121 Å². The molecule has 0 spiro atoms. The third-order valence-electron chi connectivity index (χ3n) is 2.91. The van der Waals surface area contributed by atoms with Crippen molar-refractivity contribution >= 4 is 17.7 Å². The second-order valence-electron chi connectivity index (χ2n) is 4.45. The monoisotopic (exact) mass is 291 g/mol. The number of aromatic nitrogens is 4. The van der Waals surface area contributed by atoms with E-state index in [1.54, 1.807) is 11.8 Å². The van der Waals surface area contributed by atoms with Crippen LogP contribution in [0.4, 0.5) is 0 Å². The molecule has 0 aliphatic heterocycles. The molecular weight excluding hydrogens is 274 g/mol. The molecule has 0 atom stereocenters. The number of nitrogens with one attached hydrogen (secondary N) is 2. The van der Waals surface area contributed by atoms with Gasteiger partial charge in [0.25, 0.3) is 0 Å². The number of carbonyl (C=O) groups is 1. The maximum Gasteiger partial charge on any atom is 0.221 e. The lowest BCUT2D eigenvalue weighted by Gasteiger charge is -2.05. The Bertz CT molecular complexity index is 570. The number of aromatic amines is 1. The SMILES string of the molecule is Cc1ccc(SCCC(=O)NCc2nn[nH]n2)cc1C. The van der Waals surface area contributed by atoms with Crippen molar-refractivity contribution in [1.82, 2.24) is 25.9 Å². The number of hydrogen-bond donors (Lipinski definition) is 2. The summed E-state index contributed by atoms with van der Waals surface area (Å²) in [6, 6.07) is 6.34. The van der Waals surface area contributed by atoms with Crippen LogP contribution in [0, 0.1) is 13.8 Å². The summed E-state index contributed by atoms with van der Waals surface area (Å²) >= 11 is 1.68. The Hall–Kier alpha value is -1.89. The molecular formula is C13H17N5OS. The molecule has 1 heterocycles. The molecule has 1 amide bonds. The molecule has 0 fully saturated rings. The fourth-order valence-electron chi connectivity index (χ4n) is 1.59. The predicted molar refractivity (Wildman–Crippen MR) is 77.3 cm³/mol. The lowest BCUT2D eigenvalue weighted by molar-refractivity contribution is -0.120. The smallest absolute Gasteiger partial charge is 0.221 e. The van der Waals surface area contributed by atoms with Crippen molar-refractivity contribution < 1.29 is 4.79 Å². The average Bonchev–Trinajstić information content (AvgIpc) is 2.94. The van der Waals surface area contributed by atoms with Crippen molar-refractivity contribution in [1.29, 1.82) is 0 Å². The number of tetrazole rings is 1. The second kappa shape index (κ2) is 7.04. The zero-order valence-corrected chi connectivity index (χ0v) is 12.3. The number of carbonyl (C=O) groups excluding carboxylic acids is 1. The van der Waals surface area contributed by atoms with Crippen molar-refractivity contribution in [2.45, 2.75) is 31.7 Å². The summed E-state index contributed by atoms with van der Waals surface area (Å²) in [6.07, 6.45) is 0.468. The van der Waals surface area contributed by atoms with E-state index >= 15 is 0 Å². The highest BCUT2D eigenvalue weighted by Crippen LogP contribution is 2.21. The van der Waals surface area contributed by atoms with Crippen LogP contribution in [0.3, 0.4) is 0 Å². The average molecular weight is 291 g/mol. The molecule has 0 aliphatic carbocycles. The van der Waals surface area contributed by atoms with Gasteiger partial charge in [-0.2, -0.15) is 5.21 Å². The lowest BCUT2D eigenvalue weighted by Crippen LogP contribution is -2.23. The summed E-state index contributed by atoms with van der Waals surface area (Å²) in [7, 11) is 0. The highest BCUT2D eigenvalue weighted by molar-refractivity contribution is 7.99. The molecule has 1 aromatic carbocycles. The van der Waals surface area contributed by atoms with Crippen molar-refractivity contribution in [3.05, 3.63) is 35.2 Å². The van der Waals surface area contributed by atoms with E-state index in [0.717, 1.165) is 5.75 Å². The van der Waals surface area contributed by atoms with Gasteiger partial charge in [-0.1, -0.05) is 11.3 Å². The third kappa shape index (κ3) is 4.34. The van der Waals surface area contributed by atoms with Gasteiger partial charge in [-0.3, -0.25) is 4.79 Å². The van der Waals surface area contributed by atoms with Crippen LogP contribution in [0.2, 0.25) is 0 Å². The first-order valence-electron chi connectivity index (χ1n) is 6.34. The minimum absolute atomic E-state index is 0.00821. The largest absolute Gasteiger partial charge is 0.349 e. The number of aryl methyl sites for hydroxylation is 2. The minimum atomic E-state index is -0.00821. The lowest BCUT2D eigenvalue weighted by atomic mass is 10.1. The molecule has 0 saturated heterocycles. The van der Waals surface area contributed by atoms with Crippen molar-refractivity contribution in [2.24, 2.45) is 0 Å². The zero-order valence-electron chi connectivity index (χ0n) is 11.5. The fraction of sp³-hybridized carbons (Fsp3) is 0.385. The van der Waals surface area contributed by atoms with Gasteiger partial charge < -0.3 is 5.32 Å². The third-order valence-corrected chi connectivity index (χ3v) is 3.90. The summed E-state index contributed by atoms with van der Waals surface area (Å²) in [5, 5.41) is 16.1. The van der Waals surface area contributed by atoms with E-state index in [1.807, 2.05) is 0 Å². The Balaban J connectivity index is 1.69. The summed E-state index contributed by atoms with van der Waals surface area (Å²) in [5.41, 5.74) is 2.56. The maximum atomic E-state index is 11.6. The molecule has 7 heteroatoms. The van der Waals surface area contributed by atoms with Gasteiger partial charge in [-0.25, -0.2) is 0 Å².